The minimum Gasteiger partial charge on any atom is -0.490 e. The van der Waals surface area contributed by atoms with E-state index >= 15 is 0 Å². The fourth-order valence-electron chi connectivity index (χ4n) is 5.23. The van der Waals surface area contributed by atoms with Gasteiger partial charge in [-0.2, -0.15) is 0 Å². The Hall–Kier alpha value is -2.33. The van der Waals surface area contributed by atoms with E-state index < -0.39 is 0 Å². The molecular formula is C28H38N2O2. The second kappa shape index (κ2) is 10.1. The fourth-order valence-corrected chi connectivity index (χ4v) is 5.23. The first-order valence-corrected chi connectivity index (χ1v) is 12.3. The van der Waals surface area contributed by atoms with Crippen LogP contribution in [0.2, 0.25) is 0 Å². The van der Waals surface area contributed by atoms with Crippen molar-refractivity contribution in [3.8, 4) is 16.9 Å². The molecule has 1 saturated heterocycles. The Balaban J connectivity index is 1.37. The summed E-state index contributed by atoms with van der Waals surface area (Å²) in [5.41, 5.74) is 2.71. The maximum atomic E-state index is 13.1. The molecule has 4 rings (SSSR count). The first-order valence-electron chi connectivity index (χ1n) is 12.3. The Morgan fingerprint density at radius 1 is 1.03 bits per heavy atom. The van der Waals surface area contributed by atoms with Gasteiger partial charge in [-0.25, -0.2) is 0 Å². The number of ether oxygens (including phenoxy) is 1. The van der Waals surface area contributed by atoms with E-state index in [1.165, 1.54) is 19.3 Å². The molecule has 1 aliphatic carbocycles. The van der Waals surface area contributed by atoms with Crippen LogP contribution in [0.25, 0.3) is 11.1 Å². The Morgan fingerprint density at radius 3 is 2.47 bits per heavy atom. The zero-order valence-electron chi connectivity index (χ0n) is 19.8. The van der Waals surface area contributed by atoms with E-state index in [-0.39, 0.29) is 11.3 Å². The van der Waals surface area contributed by atoms with Crippen molar-refractivity contribution in [2.75, 3.05) is 18.4 Å². The van der Waals surface area contributed by atoms with Crippen molar-refractivity contribution < 1.29 is 9.53 Å². The van der Waals surface area contributed by atoms with Gasteiger partial charge in [0.15, 0.2) is 0 Å². The van der Waals surface area contributed by atoms with Crippen molar-refractivity contribution in [3.63, 3.8) is 0 Å². The van der Waals surface area contributed by atoms with E-state index in [4.69, 9.17) is 4.74 Å². The molecular weight excluding hydrogens is 396 g/mol. The lowest BCUT2D eigenvalue weighted by Gasteiger charge is -2.27. The number of anilines is 1. The number of piperidine rings is 1. The van der Waals surface area contributed by atoms with Gasteiger partial charge in [-0.05, 0) is 86.0 Å². The van der Waals surface area contributed by atoms with Crippen molar-refractivity contribution in [1.29, 1.82) is 0 Å². The van der Waals surface area contributed by atoms with Crippen LogP contribution in [0.5, 0.6) is 5.75 Å². The summed E-state index contributed by atoms with van der Waals surface area (Å²) >= 11 is 0. The smallest absolute Gasteiger partial charge is 0.230 e. The summed E-state index contributed by atoms with van der Waals surface area (Å²) in [5, 5.41) is 6.54. The van der Waals surface area contributed by atoms with Gasteiger partial charge in [0, 0.05) is 11.1 Å². The molecule has 1 saturated carbocycles. The summed E-state index contributed by atoms with van der Waals surface area (Å²) in [6, 6.07) is 16.4. The van der Waals surface area contributed by atoms with Crippen molar-refractivity contribution in [2.24, 2.45) is 17.3 Å². The summed E-state index contributed by atoms with van der Waals surface area (Å²) < 4.78 is 6.12. The molecule has 32 heavy (non-hydrogen) atoms. The summed E-state index contributed by atoms with van der Waals surface area (Å²) in [6.45, 7) is 8.53. The predicted molar refractivity (Wildman–Crippen MR) is 132 cm³/mol. The normalized spacial score (nSPS) is 22.0. The number of benzene rings is 2. The molecule has 4 heteroatoms. The Kier molecular flexibility index (Phi) is 7.20. The summed E-state index contributed by atoms with van der Waals surface area (Å²) in [7, 11) is 0. The fraction of sp³-hybridized carbons (Fsp3) is 0.536. The molecule has 1 heterocycles. The van der Waals surface area contributed by atoms with Gasteiger partial charge in [-0.1, -0.05) is 57.9 Å². The highest BCUT2D eigenvalue weighted by molar-refractivity contribution is 5.95. The zero-order chi connectivity index (χ0) is 22.6. The highest BCUT2D eigenvalue weighted by Crippen LogP contribution is 2.39. The maximum absolute atomic E-state index is 13.1. The molecule has 0 aromatic heterocycles. The summed E-state index contributed by atoms with van der Waals surface area (Å²) in [4.78, 5) is 13.1. The average Bonchev–Trinajstić information content (AvgIpc) is 3.19. The molecule has 1 aliphatic heterocycles. The molecule has 2 aliphatic rings. The van der Waals surface area contributed by atoms with Crippen LogP contribution in [0, 0.1) is 17.3 Å². The minimum atomic E-state index is -0.363. The number of hydrogen-bond acceptors (Lipinski definition) is 3. The van der Waals surface area contributed by atoms with E-state index in [1.54, 1.807) is 0 Å². The van der Waals surface area contributed by atoms with Crippen molar-refractivity contribution in [1.82, 2.24) is 5.32 Å². The first-order chi connectivity index (χ1) is 15.4. The van der Waals surface area contributed by atoms with E-state index in [0.29, 0.717) is 12.0 Å². The Labute approximate surface area is 193 Å². The largest absolute Gasteiger partial charge is 0.490 e. The first kappa shape index (κ1) is 22.8. The molecule has 0 spiro atoms. The van der Waals surface area contributed by atoms with Gasteiger partial charge in [0.25, 0.3) is 0 Å². The summed E-state index contributed by atoms with van der Waals surface area (Å²) in [5.74, 6) is 2.50. The molecule has 2 atom stereocenters. The van der Waals surface area contributed by atoms with E-state index in [1.807, 2.05) is 24.3 Å². The average molecular weight is 435 g/mol. The van der Waals surface area contributed by atoms with Crippen LogP contribution in [0.15, 0.2) is 48.5 Å². The molecule has 1 amide bonds. The molecule has 172 valence electrons. The third kappa shape index (κ3) is 5.92. The third-order valence-electron chi connectivity index (χ3n) is 7.11. The summed E-state index contributed by atoms with van der Waals surface area (Å²) in [6.07, 6.45) is 7.18. The molecule has 2 unspecified atom stereocenters. The number of amides is 1. The molecule has 4 nitrogen and oxygen atoms in total. The second-order valence-corrected chi connectivity index (χ2v) is 10.5. The lowest BCUT2D eigenvalue weighted by molar-refractivity contribution is -0.124. The standard InChI is InChI=1S/C28H38N2O2/c1-20-7-8-21(17-20)19-28(2,3)27(31)30-24-6-4-5-23(18-24)22-9-11-25(12-10-22)32-26-13-15-29-16-14-26/h4-6,9-12,18,20-21,26,29H,7-8,13-17,19H2,1-3H3,(H,30,31). The molecule has 2 fully saturated rings. The molecule has 0 bridgehead atoms. The van der Waals surface area contributed by atoms with Gasteiger partial charge >= 0.3 is 0 Å². The van der Waals surface area contributed by atoms with E-state index in [0.717, 1.165) is 60.8 Å². The second-order valence-electron chi connectivity index (χ2n) is 10.5. The number of carbonyl (C=O) groups excluding carboxylic acids is 1. The van der Waals surface area contributed by atoms with Crippen LogP contribution in [0.4, 0.5) is 5.69 Å². The lowest BCUT2D eigenvalue weighted by atomic mass is 9.81. The predicted octanol–water partition coefficient (Wildman–Crippen LogP) is 6.28. The Morgan fingerprint density at radius 2 is 1.78 bits per heavy atom. The van der Waals surface area contributed by atoms with Crippen molar-refractivity contribution in [2.45, 2.75) is 65.4 Å². The van der Waals surface area contributed by atoms with Gasteiger partial charge in [0.05, 0.1) is 0 Å². The van der Waals surface area contributed by atoms with Crippen LogP contribution < -0.4 is 15.4 Å². The quantitative estimate of drug-likeness (QED) is 0.539. The molecule has 0 radical (unpaired) electrons. The van der Waals surface area contributed by atoms with Gasteiger partial charge in [-0.15, -0.1) is 0 Å². The SMILES string of the molecule is CC1CCC(CC(C)(C)C(=O)Nc2cccc(-c3ccc(OC4CCNCC4)cc3)c2)C1. The van der Waals surface area contributed by atoms with Crippen LogP contribution >= 0.6 is 0 Å². The van der Waals surface area contributed by atoms with Crippen LogP contribution in [-0.4, -0.2) is 25.1 Å². The van der Waals surface area contributed by atoms with E-state index in [2.05, 4.69) is 55.7 Å². The van der Waals surface area contributed by atoms with Gasteiger partial charge < -0.3 is 15.4 Å². The van der Waals surface area contributed by atoms with Crippen LogP contribution in [0.3, 0.4) is 0 Å². The number of nitrogens with one attached hydrogen (secondary N) is 2. The van der Waals surface area contributed by atoms with Crippen molar-refractivity contribution in [3.05, 3.63) is 48.5 Å². The lowest BCUT2D eigenvalue weighted by Crippen LogP contribution is -2.34. The third-order valence-corrected chi connectivity index (χ3v) is 7.11. The van der Waals surface area contributed by atoms with Gasteiger partial charge in [-0.3, -0.25) is 4.79 Å². The van der Waals surface area contributed by atoms with Crippen LogP contribution in [-0.2, 0) is 4.79 Å². The zero-order valence-corrected chi connectivity index (χ0v) is 19.8. The van der Waals surface area contributed by atoms with Gasteiger partial charge in [0.1, 0.15) is 11.9 Å². The maximum Gasteiger partial charge on any atom is 0.230 e. The number of rotatable bonds is 7. The molecule has 2 N–H and O–H groups in total. The monoisotopic (exact) mass is 434 g/mol. The molecule has 2 aromatic rings. The van der Waals surface area contributed by atoms with Gasteiger partial charge in [0.2, 0.25) is 5.91 Å². The Bertz CT molecular complexity index is 900. The highest BCUT2D eigenvalue weighted by Gasteiger charge is 2.33. The van der Waals surface area contributed by atoms with Crippen molar-refractivity contribution >= 4 is 11.6 Å². The number of hydrogen-bond donors (Lipinski definition) is 2. The van der Waals surface area contributed by atoms with E-state index in [9.17, 15) is 4.79 Å². The topological polar surface area (TPSA) is 50.4 Å². The minimum absolute atomic E-state index is 0.111. The van der Waals surface area contributed by atoms with Crippen LogP contribution in [0.1, 0.15) is 59.3 Å². The molecule has 2 aromatic carbocycles. The number of carbonyl (C=O) groups is 1. The highest BCUT2D eigenvalue weighted by atomic mass is 16.5.